The number of hydrogen-bond acceptors (Lipinski definition) is 2. The summed E-state index contributed by atoms with van der Waals surface area (Å²) >= 11 is 3.40. The molecule has 0 fully saturated rings. The van der Waals surface area contributed by atoms with E-state index in [1.165, 1.54) is 0 Å². The maximum atomic E-state index is 11.8. The highest BCUT2D eigenvalue weighted by Crippen LogP contribution is 2.17. The molecule has 0 heterocycles. The van der Waals surface area contributed by atoms with Crippen molar-refractivity contribution in [3.63, 3.8) is 0 Å². The quantitative estimate of drug-likeness (QED) is 0.721. The van der Waals surface area contributed by atoms with E-state index in [1.807, 2.05) is 24.3 Å². The molecule has 1 aromatic rings. The van der Waals surface area contributed by atoms with Crippen LogP contribution >= 0.6 is 15.9 Å². The number of nitrogens with two attached hydrogens (primary N) is 1. The van der Waals surface area contributed by atoms with Crippen molar-refractivity contribution in [1.82, 2.24) is 5.32 Å². The van der Waals surface area contributed by atoms with Crippen LogP contribution < -0.4 is 11.1 Å². The number of amides is 1. The van der Waals surface area contributed by atoms with Gasteiger partial charge in [-0.15, -0.1) is 0 Å². The van der Waals surface area contributed by atoms with E-state index in [2.05, 4.69) is 28.2 Å². The van der Waals surface area contributed by atoms with Gasteiger partial charge in [-0.3, -0.25) is 4.79 Å². The van der Waals surface area contributed by atoms with E-state index in [1.54, 1.807) is 0 Å². The summed E-state index contributed by atoms with van der Waals surface area (Å²) in [6.07, 6.45) is 4.88. The molecule has 0 bridgehead atoms. The van der Waals surface area contributed by atoms with Gasteiger partial charge in [-0.25, -0.2) is 0 Å². The van der Waals surface area contributed by atoms with Gasteiger partial charge in [0.05, 0.1) is 0 Å². The molecule has 0 aliphatic rings. The van der Waals surface area contributed by atoms with E-state index in [4.69, 9.17) is 5.73 Å². The first-order valence-corrected chi connectivity index (χ1v) is 8.16. The molecule has 0 saturated carbocycles. The average Bonchev–Trinajstić information content (AvgIpc) is 2.44. The first kappa shape index (κ1) is 17.2. The van der Waals surface area contributed by atoms with Crippen LogP contribution in [0.5, 0.6) is 0 Å². The zero-order valence-corrected chi connectivity index (χ0v) is 13.8. The number of carbonyl (C=O) groups is 1. The minimum atomic E-state index is 0.131. The van der Waals surface area contributed by atoms with Crippen LogP contribution in [0, 0.1) is 5.92 Å². The number of halogens is 1. The third-order valence-electron chi connectivity index (χ3n) is 3.45. The fourth-order valence-electron chi connectivity index (χ4n) is 2.30. The SMILES string of the molecule is CCCC(CCN)CCC(=O)NCc1ccc(Br)cc1. The Balaban J connectivity index is 2.27. The van der Waals surface area contributed by atoms with E-state index in [9.17, 15) is 4.79 Å². The number of nitrogens with one attached hydrogen (secondary N) is 1. The number of carbonyl (C=O) groups excluding carboxylic acids is 1. The van der Waals surface area contributed by atoms with Crippen LogP contribution in [0.4, 0.5) is 0 Å². The molecule has 1 aromatic carbocycles. The van der Waals surface area contributed by atoms with Crippen LogP contribution in [0.15, 0.2) is 28.7 Å². The molecular formula is C16H25BrN2O. The minimum Gasteiger partial charge on any atom is -0.352 e. The summed E-state index contributed by atoms with van der Waals surface area (Å²) in [7, 11) is 0. The van der Waals surface area contributed by atoms with Gasteiger partial charge in [0.25, 0.3) is 0 Å². The Bertz CT molecular complexity index is 386. The molecule has 0 saturated heterocycles. The molecule has 0 spiro atoms. The lowest BCUT2D eigenvalue weighted by molar-refractivity contribution is -0.121. The van der Waals surface area contributed by atoms with Crippen molar-refractivity contribution in [2.45, 2.75) is 45.6 Å². The summed E-state index contributed by atoms with van der Waals surface area (Å²) in [5.74, 6) is 0.717. The molecule has 112 valence electrons. The van der Waals surface area contributed by atoms with Gasteiger partial charge in [0.15, 0.2) is 0 Å². The van der Waals surface area contributed by atoms with E-state index in [0.29, 0.717) is 25.4 Å². The fourth-order valence-corrected chi connectivity index (χ4v) is 2.57. The van der Waals surface area contributed by atoms with Crippen molar-refractivity contribution >= 4 is 21.8 Å². The topological polar surface area (TPSA) is 55.1 Å². The first-order chi connectivity index (χ1) is 9.65. The molecule has 1 amide bonds. The number of rotatable bonds is 9. The van der Waals surface area contributed by atoms with Crippen molar-refractivity contribution in [2.24, 2.45) is 11.7 Å². The molecule has 1 unspecified atom stereocenters. The van der Waals surface area contributed by atoms with Crippen molar-refractivity contribution in [3.8, 4) is 0 Å². The highest BCUT2D eigenvalue weighted by atomic mass is 79.9. The molecule has 3 N–H and O–H groups in total. The van der Waals surface area contributed by atoms with Gasteiger partial charge in [-0.05, 0) is 43.0 Å². The second-order valence-electron chi connectivity index (χ2n) is 5.17. The predicted molar refractivity (Wildman–Crippen MR) is 87.3 cm³/mol. The smallest absolute Gasteiger partial charge is 0.220 e. The maximum absolute atomic E-state index is 11.8. The van der Waals surface area contributed by atoms with Gasteiger partial charge in [-0.1, -0.05) is 47.8 Å². The molecule has 4 heteroatoms. The Hall–Kier alpha value is -0.870. The Morgan fingerprint density at radius 3 is 2.55 bits per heavy atom. The summed E-state index contributed by atoms with van der Waals surface area (Å²) in [6, 6.07) is 8.00. The maximum Gasteiger partial charge on any atom is 0.220 e. The lowest BCUT2D eigenvalue weighted by Gasteiger charge is -2.14. The molecule has 20 heavy (non-hydrogen) atoms. The van der Waals surface area contributed by atoms with Gasteiger partial charge >= 0.3 is 0 Å². The van der Waals surface area contributed by atoms with Crippen LogP contribution in [0.25, 0.3) is 0 Å². The highest BCUT2D eigenvalue weighted by molar-refractivity contribution is 9.10. The van der Waals surface area contributed by atoms with Gasteiger partial charge in [0.2, 0.25) is 5.91 Å². The van der Waals surface area contributed by atoms with Crippen molar-refractivity contribution < 1.29 is 4.79 Å². The Morgan fingerprint density at radius 1 is 1.25 bits per heavy atom. The molecule has 0 aliphatic heterocycles. The monoisotopic (exact) mass is 340 g/mol. The normalized spacial score (nSPS) is 12.2. The largest absolute Gasteiger partial charge is 0.352 e. The fraction of sp³-hybridized carbons (Fsp3) is 0.562. The second-order valence-corrected chi connectivity index (χ2v) is 6.09. The Morgan fingerprint density at radius 2 is 1.95 bits per heavy atom. The van der Waals surface area contributed by atoms with E-state index >= 15 is 0 Å². The van der Waals surface area contributed by atoms with E-state index in [-0.39, 0.29) is 5.91 Å². The first-order valence-electron chi connectivity index (χ1n) is 7.37. The zero-order chi connectivity index (χ0) is 14.8. The van der Waals surface area contributed by atoms with Crippen LogP contribution in [0.1, 0.15) is 44.6 Å². The van der Waals surface area contributed by atoms with Crippen molar-refractivity contribution in [3.05, 3.63) is 34.3 Å². The lowest BCUT2D eigenvalue weighted by Crippen LogP contribution is -2.23. The number of hydrogen-bond donors (Lipinski definition) is 2. The Kier molecular flexibility index (Phi) is 8.54. The number of benzene rings is 1. The summed E-state index contributed by atoms with van der Waals surface area (Å²) in [5, 5.41) is 2.97. The van der Waals surface area contributed by atoms with Gasteiger partial charge in [0.1, 0.15) is 0 Å². The Labute approximate surface area is 130 Å². The zero-order valence-electron chi connectivity index (χ0n) is 12.2. The molecule has 0 aliphatic carbocycles. The molecule has 0 aromatic heterocycles. The van der Waals surface area contributed by atoms with Gasteiger partial charge in [0, 0.05) is 17.4 Å². The van der Waals surface area contributed by atoms with Crippen LogP contribution in [0.2, 0.25) is 0 Å². The highest BCUT2D eigenvalue weighted by Gasteiger charge is 2.09. The molecule has 1 atom stereocenters. The third kappa shape index (κ3) is 7.06. The summed E-state index contributed by atoms with van der Waals surface area (Å²) < 4.78 is 1.05. The van der Waals surface area contributed by atoms with Crippen molar-refractivity contribution in [1.29, 1.82) is 0 Å². The van der Waals surface area contributed by atoms with E-state index in [0.717, 1.165) is 35.7 Å². The van der Waals surface area contributed by atoms with E-state index < -0.39 is 0 Å². The average molecular weight is 341 g/mol. The summed E-state index contributed by atoms with van der Waals surface area (Å²) in [6.45, 7) is 3.49. The van der Waals surface area contributed by atoms with Crippen LogP contribution in [-0.4, -0.2) is 12.5 Å². The minimum absolute atomic E-state index is 0.131. The standard InChI is InChI=1S/C16H25BrN2O/c1-2-3-13(10-11-18)6-9-16(20)19-12-14-4-7-15(17)8-5-14/h4-5,7-8,13H,2-3,6,9-12,18H2,1H3,(H,19,20). The third-order valence-corrected chi connectivity index (χ3v) is 3.98. The van der Waals surface area contributed by atoms with Gasteiger partial charge in [-0.2, -0.15) is 0 Å². The molecule has 0 radical (unpaired) electrons. The van der Waals surface area contributed by atoms with Gasteiger partial charge < -0.3 is 11.1 Å². The lowest BCUT2D eigenvalue weighted by atomic mass is 9.94. The predicted octanol–water partition coefficient (Wildman–Crippen LogP) is 3.61. The second kappa shape index (κ2) is 9.94. The van der Waals surface area contributed by atoms with Crippen molar-refractivity contribution in [2.75, 3.05) is 6.54 Å². The molecule has 1 rings (SSSR count). The summed E-state index contributed by atoms with van der Waals surface area (Å²) in [4.78, 5) is 11.8. The summed E-state index contributed by atoms with van der Waals surface area (Å²) in [5.41, 5.74) is 6.73. The van der Waals surface area contributed by atoms with Crippen LogP contribution in [0.3, 0.4) is 0 Å². The molecule has 3 nitrogen and oxygen atoms in total. The van der Waals surface area contributed by atoms with Crippen LogP contribution in [-0.2, 0) is 11.3 Å². The molecular weight excluding hydrogens is 316 g/mol.